The number of thiocarbonyl (C=S) groups is 1. The van der Waals surface area contributed by atoms with Gasteiger partial charge in [-0.25, -0.2) is 0 Å². The summed E-state index contributed by atoms with van der Waals surface area (Å²) in [7, 11) is 0. The molecule has 2 nitrogen and oxygen atoms in total. The monoisotopic (exact) mass is 186 g/mol. The van der Waals surface area contributed by atoms with Crippen molar-refractivity contribution in [3.05, 3.63) is 30.3 Å². The molecule has 0 fully saturated rings. The third-order valence-corrected chi connectivity index (χ3v) is 1.05. The Labute approximate surface area is 77.0 Å². The van der Waals surface area contributed by atoms with Crippen LogP contribution in [0.4, 0.5) is 0 Å². The highest BCUT2D eigenvalue weighted by Gasteiger charge is 1.73. The van der Waals surface area contributed by atoms with Crippen molar-refractivity contribution in [1.29, 1.82) is 0 Å². The summed E-state index contributed by atoms with van der Waals surface area (Å²) in [5.74, 6) is 0. The average molecular weight is 186 g/mol. The van der Waals surface area contributed by atoms with E-state index in [1.165, 1.54) is 0 Å². The summed E-state index contributed by atoms with van der Waals surface area (Å²) in [6, 6.07) is 9.79. The van der Waals surface area contributed by atoms with E-state index in [1.807, 2.05) is 30.3 Å². The summed E-state index contributed by atoms with van der Waals surface area (Å²) in [4.78, 5) is 1.02. The van der Waals surface area contributed by atoms with Gasteiger partial charge in [0.05, 0.1) is 0 Å². The normalized spacial score (nSPS) is 7.73. The molecule has 0 amide bonds. The number of rotatable bonds is 0. The highest BCUT2D eigenvalue weighted by Crippen LogP contribution is 2.00. The molecule has 11 heavy (non-hydrogen) atoms. The maximum atomic E-state index is 4.62. The number of hydrogen-bond acceptors (Lipinski definition) is 2. The fraction of sp³-hybridized carbons (Fsp3) is 0. The Morgan fingerprint density at radius 1 is 1.18 bits per heavy atom. The van der Waals surface area contributed by atoms with Crippen molar-refractivity contribution in [2.45, 2.75) is 4.90 Å². The second-order valence-electron chi connectivity index (χ2n) is 1.74. The van der Waals surface area contributed by atoms with Crippen LogP contribution in [-0.4, -0.2) is 5.11 Å². The van der Waals surface area contributed by atoms with Crippen molar-refractivity contribution in [2.24, 2.45) is 11.5 Å². The van der Waals surface area contributed by atoms with Crippen LogP contribution in [0.15, 0.2) is 35.2 Å². The lowest BCUT2D eigenvalue weighted by Crippen LogP contribution is -2.18. The minimum Gasteiger partial charge on any atom is -0.377 e. The third-order valence-electron chi connectivity index (χ3n) is 0.756. The van der Waals surface area contributed by atoms with E-state index < -0.39 is 0 Å². The van der Waals surface area contributed by atoms with E-state index in [9.17, 15) is 0 Å². The molecule has 0 atom stereocenters. The molecular formula is C7H10N2S2. The summed E-state index contributed by atoms with van der Waals surface area (Å²) in [5.41, 5.74) is 9.24. The first kappa shape index (κ1) is 10.3. The largest absolute Gasteiger partial charge is 0.377 e. The minimum absolute atomic E-state index is 0.000000000000000222. The summed E-state index contributed by atoms with van der Waals surface area (Å²) in [6.07, 6.45) is 0. The highest BCUT2D eigenvalue weighted by molar-refractivity contribution is 7.80. The van der Waals surface area contributed by atoms with Gasteiger partial charge >= 0.3 is 0 Å². The molecule has 1 aromatic carbocycles. The number of benzene rings is 1. The number of thiol groups is 1. The molecule has 0 aliphatic heterocycles. The topological polar surface area (TPSA) is 52.0 Å². The summed E-state index contributed by atoms with van der Waals surface area (Å²) < 4.78 is 0. The molecule has 4 heteroatoms. The van der Waals surface area contributed by atoms with Gasteiger partial charge in [-0.15, -0.1) is 12.6 Å². The Morgan fingerprint density at radius 3 is 1.73 bits per heavy atom. The molecule has 4 N–H and O–H groups in total. The average Bonchev–Trinajstić information content (AvgIpc) is 1.87. The molecular weight excluding hydrogens is 176 g/mol. The number of hydrogen-bond donors (Lipinski definition) is 3. The maximum Gasteiger partial charge on any atom is 0.160 e. The van der Waals surface area contributed by atoms with Crippen LogP contribution in [0.5, 0.6) is 0 Å². The van der Waals surface area contributed by atoms with Crippen LogP contribution in [-0.2, 0) is 0 Å². The summed E-state index contributed by atoms with van der Waals surface area (Å²) >= 11 is 8.18. The third kappa shape index (κ3) is 9.26. The van der Waals surface area contributed by atoms with Gasteiger partial charge in [0.15, 0.2) is 5.11 Å². The van der Waals surface area contributed by atoms with E-state index in [0.29, 0.717) is 0 Å². The predicted octanol–water partition coefficient (Wildman–Crippen LogP) is 1.16. The van der Waals surface area contributed by atoms with Crippen molar-refractivity contribution < 1.29 is 0 Å². The van der Waals surface area contributed by atoms with E-state index in [1.54, 1.807) is 0 Å². The Kier molecular flexibility index (Phi) is 5.60. The van der Waals surface area contributed by atoms with Crippen molar-refractivity contribution in [3.63, 3.8) is 0 Å². The molecule has 60 valence electrons. The molecule has 1 aromatic rings. The van der Waals surface area contributed by atoms with Crippen LogP contribution in [0.25, 0.3) is 0 Å². The zero-order valence-corrected chi connectivity index (χ0v) is 7.61. The zero-order valence-electron chi connectivity index (χ0n) is 5.90. The zero-order chi connectivity index (χ0) is 8.69. The standard InChI is InChI=1S/C6H6S.CH4N2S/c7-6-4-2-1-3-5-6;2-1(3)4/h1-5,7H;(H4,2,3,4). The second-order valence-corrected chi connectivity index (χ2v) is 2.73. The van der Waals surface area contributed by atoms with E-state index >= 15 is 0 Å². The van der Waals surface area contributed by atoms with Gasteiger partial charge in [0.25, 0.3) is 0 Å². The lowest BCUT2D eigenvalue weighted by molar-refractivity contribution is 1.48. The van der Waals surface area contributed by atoms with Crippen molar-refractivity contribution in [3.8, 4) is 0 Å². The van der Waals surface area contributed by atoms with Crippen LogP contribution in [0.2, 0.25) is 0 Å². The van der Waals surface area contributed by atoms with Crippen molar-refractivity contribution >= 4 is 30.0 Å². The lowest BCUT2D eigenvalue weighted by atomic mass is 10.4. The Bertz CT molecular complexity index is 207. The SMILES string of the molecule is NC(N)=S.Sc1ccccc1. The molecule has 0 radical (unpaired) electrons. The maximum absolute atomic E-state index is 4.62. The Hall–Kier alpha value is -0.740. The van der Waals surface area contributed by atoms with E-state index in [0.717, 1.165) is 4.90 Å². The molecule has 0 heterocycles. The van der Waals surface area contributed by atoms with Crippen LogP contribution >= 0.6 is 24.8 Å². The fourth-order valence-corrected chi connectivity index (χ4v) is 0.600. The van der Waals surface area contributed by atoms with Gasteiger partial charge in [-0.2, -0.15) is 0 Å². The smallest absolute Gasteiger partial charge is 0.160 e. The Balaban J connectivity index is 0.000000218. The predicted molar refractivity (Wildman–Crippen MR) is 54.7 cm³/mol. The fourth-order valence-electron chi connectivity index (χ4n) is 0.428. The van der Waals surface area contributed by atoms with Gasteiger partial charge in [-0.3, -0.25) is 0 Å². The van der Waals surface area contributed by atoms with Gasteiger partial charge in [0.1, 0.15) is 0 Å². The molecule has 0 bridgehead atoms. The van der Waals surface area contributed by atoms with Crippen LogP contribution < -0.4 is 11.5 Å². The Morgan fingerprint density at radius 2 is 1.55 bits per heavy atom. The molecule has 1 rings (SSSR count). The lowest BCUT2D eigenvalue weighted by Gasteiger charge is -1.81. The molecule has 0 aromatic heterocycles. The molecule has 0 aliphatic rings. The van der Waals surface area contributed by atoms with Crippen LogP contribution in [0.3, 0.4) is 0 Å². The number of nitrogens with two attached hydrogens (primary N) is 2. The highest BCUT2D eigenvalue weighted by atomic mass is 32.1. The van der Waals surface area contributed by atoms with Gasteiger partial charge in [0, 0.05) is 4.90 Å². The molecule has 0 saturated carbocycles. The summed E-state index contributed by atoms with van der Waals surface area (Å²) in [5, 5.41) is 0.000000000000000222. The van der Waals surface area contributed by atoms with Gasteiger partial charge in [-0.05, 0) is 24.4 Å². The molecule has 0 unspecified atom stereocenters. The van der Waals surface area contributed by atoms with Crippen LogP contribution in [0, 0.1) is 0 Å². The first-order chi connectivity index (χ1) is 5.13. The molecule has 0 spiro atoms. The van der Waals surface area contributed by atoms with E-state index in [2.05, 4.69) is 36.3 Å². The first-order valence-corrected chi connectivity index (χ1v) is 3.77. The second kappa shape index (κ2) is 6.00. The van der Waals surface area contributed by atoms with E-state index in [-0.39, 0.29) is 5.11 Å². The van der Waals surface area contributed by atoms with Gasteiger partial charge in [0.2, 0.25) is 0 Å². The van der Waals surface area contributed by atoms with Crippen LogP contribution in [0.1, 0.15) is 0 Å². The van der Waals surface area contributed by atoms with Gasteiger partial charge in [-0.1, -0.05) is 18.2 Å². The first-order valence-electron chi connectivity index (χ1n) is 2.92. The van der Waals surface area contributed by atoms with Crippen molar-refractivity contribution in [1.82, 2.24) is 0 Å². The molecule has 0 saturated heterocycles. The van der Waals surface area contributed by atoms with Crippen molar-refractivity contribution in [2.75, 3.05) is 0 Å². The summed E-state index contributed by atoms with van der Waals surface area (Å²) in [6.45, 7) is 0. The van der Waals surface area contributed by atoms with Gasteiger partial charge < -0.3 is 11.5 Å². The van der Waals surface area contributed by atoms with E-state index in [4.69, 9.17) is 0 Å². The molecule has 0 aliphatic carbocycles. The quantitative estimate of drug-likeness (QED) is 0.421. The minimum atomic E-state index is 0.000000000000000222.